The summed E-state index contributed by atoms with van der Waals surface area (Å²) in [6, 6.07) is 3.62. The lowest BCUT2D eigenvalue weighted by atomic mass is 10.00. The van der Waals surface area contributed by atoms with E-state index in [1.165, 1.54) is 7.05 Å². The van der Waals surface area contributed by atoms with Gasteiger partial charge in [0.05, 0.1) is 11.7 Å². The normalized spacial score (nSPS) is 23.5. The Morgan fingerprint density at radius 3 is 2.75 bits per heavy atom. The van der Waals surface area contributed by atoms with Gasteiger partial charge in [-0.15, -0.1) is 0 Å². The molecule has 3 heterocycles. The molecule has 0 radical (unpaired) electrons. The minimum atomic E-state index is -3.82. The summed E-state index contributed by atoms with van der Waals surface area (Å²) >= 11 is 0. The molecule has 0 saturated carbocycles. The number of nitrogens with zero attached hydrogens (tertiary/aromatic N) is 3. The van der Waals surface area contributed by atoms with E-state index in [2.05, 4.69) is 15.1 Å². The number of hydrogen-bond donors (Lipinski definition) is 2. The molecular weight excluding hydrogens is 386 g/mol. The highest BCUT2D eigenvalue weighted by Crippen LogP contribution is 2.35. The van der Waals surface area contributed by atoms with Crippen molar-refractivity contribution in [1.82, 2.24) is 18.8 Å². The van der Waals surface area contributed by atoms with Crippen molar-refractivity contribution in [3.8, 4) is 11.5 Å². The molecule has 10 nitrogen and oxygen atoms in total. The second-order valence-corrected chi connectivity index (χ2v) is 8.61. The lowest BCUT2D eigenvalue weighted by Crippen LogP contribution is -2.56. The number of fused-ring (bicyclic) bond motifs is 1. The average Bonchev–Trinajstić information content (AvgIpc) is 3.22. The van der Waals surface area contributed by atoms with Crippen LogP contribution >= 0.6 is 0 Å². The van der Waals surface area contributed by atoms with Crippen LogP contribution in [0.5, 0.6) is 11.5 Å². The van der Waals surface area contributed by atoms with Gasteiger partial charge in [0, 0.05) is 37.6 Å². The highest BCUT2D eigenvalue weighted by molar-refractivity contribution is 7.87. The van der Waals surface area contributed by atoms with Gasteiger partial charge in [0.2, 0.25) is 12.7 Å². The molecule has 1 aromatic heterocycles. The van der Waals surface area contributed by atoms with E-state index in [0.29, 0.717) is 17.2 Å². The van der Waals surface area contributed by atoms with Crippen molar-refractivity contribution in [3.63, 3.8) is 0 Å². The Morgan fingerprint density at radius 2 is 2.04 bits per heavy atom. The summed E-state index contributed by atoms with van der Waals surface area (Å²) in [5, 5.41) is 7.04. The van der Waals surface area contributed by atoms with Gasteiger partial charge in [-0.25, -0.2) is 0 Å². The molecule has 2 N–H and O–H groups in total. The Kier molecular flexibility index (Phi) is 4.52. The van der Waals surface area contributed by atoms with Crippen molar-refractivity contribution in [2.45, 2.75) is 25.4 Å². The number of carbonyl (C=O) groups excluding carboxylic acids is 1. The predicted molar refractivity (Wildman–Crippen MR) is 100 cm³/mol. The number of ether oxygens (including phenoxy) is 2. The summed E-state index contributed by atoms with van der Waals surface area (Å²) in [5.41, 5.74) is 1.97. The van der Waals surface area contributed by atoms with Crippen molar-refractivity contribution < 1.29 is 22.7 Å². The molecule has 1 saturated heterocycles. The van der Waals surface area contributed by atoms with E-state index in [-0.39, 0.29) is 13.2 Å². The maximum absolute atomic E-state index is 12.9. The number of nitrogens with one attached hydrogen (secondary N) is 2. The summed E-state index contributed by atoms with van der Waals surface area (Å²) in [7, 11) is -0.666. The number of aromatic nitrogens is 2. The van der Waals surface area contributed by atoms with Crippen molar-refractivity contribution in [2.24, 2.45) is 7.05 Å². The minimum Gasteiger partial charge on any atom is -0.454 e. The molecule has 11 heteroatoms. The second-order valence-electron chi connectivity index (χ2n) is 6.84. The quantitative estimate of drug-likeness (QED) is 0.773. The van der Waals surface area contributed by atoms with E-state index in [9.17, 15) is 13.2 Å². The third kappa shape index (κ3) is 3.32. The number of benzene rings is 1. The summed E-state index contributed by atoms with van der Waals surface area (Å²) < 4.78 is 41.0. The number of carbonyl (C=O) groups is 1. The second kappa shape index (κ2) is 6.76. The monoisotopic (exact) mass is 407 g/mol. The Balaban J connectivity index is 1.57. The van der Waals surface area contributed by atoms with Crippen LogP contribution in [-0.2, 0) is 22.1 Å². The van der Waals surface area contributed by atoms with E-state index in [0.717, 1.165) is 15.6 Å². The van der Waals surface area contributed by atoms with Gasteiger partial charge in [0.15, 0.2) is 11.5 Å². The van der Waals surface area contributed by atoms with Crippen LogP contribution in [0.2, 0.25) is 0 Å². The van der Waals surface area contributed by atoms with E-state index in [4.69, 9.17) is 9.47 Å². The zero-order valence-corrected chi connectivity index (χ0v) is 16.5. The summed E-state index contributed by atoms with van der Waals surface area (Å²) in [6.45, 7) is 1.94. The van der Waals surface area contributed by atoms with Crippen LogP contribution in [0.25, 0.3) is 0 Å². The fourth-order valence-corrected chi connectivity index (χ4v) is 4.74. The number of hydrogen-bond acceptors (Lipinski definition) is 6. The average molecular weight is 407 g/mol. The first-order valence-corrected chi connectivity index (χ1v) is 10.1. The number of aryl methyl sites for hydroxylation is 2. The van der Waals surface area contributed by atoms with Gasteiger partial charge in [0.1, 0.15) is 6.04 Å². The van der Waals surface area contributed by atoms with Crippen molar-refractivity contribution >= 4 is 21.8 Å². The zero-order chi connectivity index (χ0) is 20.1. The third-order valence-corrected chi connectivity index (χ3v) is 6.53. The Labute approximate surface area is 162 Å². The molecule has 2 aliphatic rings. The number of anilines is 1. The van der Waals surface area contributed by atoms with Crippen LogP contribution in [0, 0.1) is 6.92 Å². The molecule has 150 valence electrons. The fourth-order valence-electron chi connectivity index (χ4n) is 3.47. The maximum atomic E-state index is 12.9. The van der Waals surface area contributed by atoms with Crippen LogP contribution in [-0.4, -0.2) is 48.3 Å². The van der Waals surface area contributed by atoms with E-state index in [1.54, 1.807) is 36.1 Å². The van der Waals surface area contributed by atoms with E-state index >= 15 is 0 Å². The molecule has 1 aromatic carbocycles. The van der Waals surface area contributed by atoms with E-state index in [1.807, 2.05) is 6.92 Å². The number of likely N-dealkylation sites (N-methyl/N-ethyl adjacent to an activating group) is 1. The molecular formula is C17H21N5O5S. The summed E-state index contributed by atoms with van der Waals surface area (Å²) in [4.78, 5) is 12.9. The van der Waals surface area contributed by atoms with Crippen LogP contribution in [0.3, 0.4) is 0 Å². The van der Waals surface area contributed by atoms with E-state index < -0.39 is 28.2 Å². The van der Waals surface area contributed by atoms with Crippen LogP contribution in [0.15, 0.2) is 24.4 Å². The molecule has 2 atom stereocenters. The lowest BCUT2D eigenvalue weighted by Gasteiger charge is -2.36. The van der Waals surface area contributed by atoms with Gasteiger partial charge >= 0.3 is 0 Å². The van der Waals surface area contributed by atoms with Gasteiger partial charge < -0.3 is 14.8 Å². The lowest BCUT2D eigenvalue weighted by molar-refractivity contribution is -0.120. The SMILES string of the molecule is Cc1nn(C)cc1C1CC(C(=O)Nc2ccc3c(c2)OCO3)N(C)S(=O)(=O)N1. The number of amides is 1. The van der Waals surface area contributed by atoms with Gasteiger partial charge in [-0.1, -0.05) is 0 Å². The Hall–Kier alpha value is -2.63. The molecule has 1 amide bonds. The zero-order valence-electron chi connectivity index (χ0n) is 15.7. The molecule has 0 aliphatic carbocycles. The van der Waals surface area contributed by atoms with Crippen molar-refractivity contribution in [2.75, 3.05) is 19.2 Å². The first-order chi connectivity index (χ1) is 13.2. The predicted octanol–water partition coefficient (Wildman–Crippen LogP) is 0.676. The summed E-state index contributed by atoms with van der Waals surface area (Å²) in [5.74, 6) is 0.720. The maximum Gasteiger partial charge on any atom is 0.280 e. The van der Waals surface area contributed by atoms with Crippen LogP contribution in [0.1, 0.15) is 23.7 Å². The van der Waals surface area contributed by atoms with Crippen LogP contribution in [0.4, 0.5) is 5.69 Å². The van der Waals surface area contributed by atoms with Crippen LogP contribution < -0.4 is 19.5 Å². The molecule has 0 bridgehead atoms. The Bertz CT molecular complexity index is 1030. The topological polar surface area (TPSA) is 115 Å². The van der Waals surface area contributed by atoms with Gasteiger partial charge in [-0.05, 0) is 25.5 Å². The standard InChI is InChI=1S/C17H21N5O5S/c1-10-12(8-21(2)19-10)13-7-14(22(3)28(24,25)20-13)17(23)18-11-4-5-15-16(6-11)27-9-26-15/h4-6,8,13-14,20H,7,9H2,1-3H3,(H,18,23). The molecule has 28 heavy (non-hydrogen) atoms. The molecule has 4 rings (SSSR count). The smallest absolute Gasteiger partial charge is 0.280 e. The van der Waals surface area contributed by atoms with Gasteiger partial charge in [-0.3, -0.25) is 9.48 Å². The fraction of sp³-hybridized carbons (Fsp3) is 0.412. The van der Waals surface area contributed by atoms with Gasteiger partial charge in [0.25, 0.3) is 10.2 Å². The molecule has 0 spiro atoms. The number of rotatable bonds is 3. The Morgan fingerprint density at radius 1 is 1.29 bits per heavy atom. The minimum absolute atomic E-state index is 0.133. The summed E-state index contributed by atoms with van der Waals surface area (Å²) in [6.07, 6.45) is 2.04. The van der Waals surface area contributed by atoms with Gasteiger partial charge in [-0.2, -0.15) is 22.5 Å². The molecule has 1 fully saturated rings. The largest absolute Gasteiger partial charge is 0.454 e. The highest BCUT2D eigenvalue weighted by Gasteiger charge is 2.41. The van der Waals surface area contributed by atoms with Crippen molar-refractivity contribution in [1.29, 1.82) is 0 Å². The first-order valence-electron chi connectivity index (χ1n) is 8.70. The van der Waals surface area contributed by atoms with Crippen molar-refractivity contribution in [3.05, 3.63) is 35.7 Å². The molecule has 2 aromatic rings. The first kappa shape index (κ1) is 18.7. The molecule has 2 aliphatic heterocycles. The highest BCUT2D eigenvalue weighted by atomic mass is 32.2. The molecule has 2 unspecified atom stereocenters. The third-order valence-electron chi connectivity index (χ3n) is 4.94.